The molecule has 0 aliphatic carbocycles. The zero-order valence-corrected chi connectivity index (χ0v) is 17.6. The van der Waals surface area contributed by atoms with Crippen LogP contribution >= 0.6 is 0 Å². The maximum Gasteiger partial charge on any atom is 0.283 e. The van der Waals surface area contributed by atoms with Crippen molar-refractivity contribution in [2.24, 2.45) is 0 Å². The van der Waals surface area contributed by atoms with E-state index in [0.29, 0.717) is 5.69 Å². The van der Waals surface area contributed by atoms with Crippen molar-refractivity contribution in [1.82, 2.24) is 9.19 Å². The van der Waals surface area contributed by atoms with Crippen molar-refractivity contribution in [3.8, 4) is 0 Å². The third-order valence-corrected chi connectivity index (χ3v) is 8.19. The van der Waals surface area contributed by atoms with Gasteiger partial charge in [-0.1, -0.05) is 35.9 Å². The molecule has 0 atom stereocenters. The lowest BCUT2D eigenvalue weighted by Crippen LogP contribution is -2.27. The fourth-order valence-corrected chi connectivity index (χ4v) is 5.90. The first-order chi connectivity index (χ1) is 13.1. The first kappa shape index (κ1) is 20.1. The average Bonchev–Trinajstić information content (AvgIpc) is 2.97. The lowest BCUT2D eigenvalue weighted by atomic mass is 10.2. The predicted molar refractivity (Wildman–Crippen MR) is 107 cm³/mol. The molecule has 0 saturated heterocycles. The van der Waals surface area contributed by atoms with Crippen molar-refractivity contribution in [2.75, 3.05) is 11.4 Å². The van der Waals surface area contributed by atoms with Gasteiger partial charge in [-0.3, -0.25) is 4.31 Å². The summed E-state index contributed by atoms with van der Waals surface area (Å²) >= 11 is 0. The largest absolute Gasteiger partial charge is 0.283 e. The quantitative estimate of drug-likeness (QED) is 0.634. The normalized spacial score (nSPS) is 12.1. The Morgan fingerprint density at radius 1 is 0.857 bits per heavy atom. The Kier molecular flexibility index (Phi) is 5.07. The van der Waals surface area contributed by atoms with Gasteiger partial charge >= 0.3 is 0 Å². The second-order valence-electron chi connectivity index (χ2n) is 6.47. The fraction of sp³-hybridized carbons (Fsp3) is 0.211. The number of para-hydroxylation sites is 1. The SMILES string of the molecule is Cc1ccc(S(=O)(=O)n2nc(C)c(S(=O)(=O)N(C)c3ccccc3)c2C)cc1. The zero-order valence-electron chi connectivity index (χ0n) is 16.0. The van der Waals surface area contributed by atoms with Crippen LogP contribution in [-0.4, -0.2) is 33.1 Å². The van der Waals surface area contributed by atoms with Gasteiger partial charge in [0.1, 0.15) is 4.90 Å². The standard InChI is InChI=1S/C19H21N3O4S2/c1-14-10-12-18(13-11-14)27(23,24)22-16(3)19(15(2)20-22)28(25,26)21(4)17-8-6-5-7-9-17/h5-13H,1-4H3. The van der Waals surface area contributed by atoms with Crippen LogP contribution in [-0.2, 0) is 20.0 Å². The molecule has 7 nitrogen and oxygen atoms in total. The molecule has 0 spiro atoms. The van der Waals surface area contributed by atoms with E-state index in [-0.39, 0.29) is 21.2 Å². The molecule has 2 aromatic carbocycles. The van der Waals surface area contributed by atoms with Crippen LogP contribution in [0.4, 0.5) is 5.69 Å². The van der Waals surface area contributed by atoms with Gasteiger partial charge in [-0.2, -0.15) is 17.6 Å². The minimum atomic E-state index is -4.02. The number of rotatable bonds is 5. The molecule has 3 aromatic rings. The minimum absolute atomic E-state index is 0.0425. The summed E-state index contributed by atoms with van der Waals surface area (Å²) in [6, 6.07) is 14.9. The molecule has 9 heteroatoms. The molecule has 0 radical (unpaired) electrons. The van der Waals surface area contributed by atoms with E-state index < -0.39 is 20.0 Å². The fourth-order valence-electron chi connectivity index (χ4n) is 2.94. The van der Waals surface area contributed by atoms with Crippen LogP contribution in [0.5, 0.6) is 0 Å². The maximum atomic E-state index is 13.2. The molecular weight excluding hydrogens is 398 g/mol. The van der Waals surface area contributed by atoms with E-state index in [1.165, 1.54) is 33.0 Å². The zero-order chi connectivity index (χ0) is 20.7. The smallest absolute Gasteiger partial charge is 0.269 e. The first-order valence-electron chi connectivity index (χ1n) is 8.49. The van der Waals surface area contributed by atoms with Crippen molar-refractivity contribution in [3.63, 3.8) is 0 Å². The third-order valence-electron chi connectivity index (χ3n) is 4.47. The number of hydrogen-bond acceptors (Lipinski definition) is 5. The third kappa shape index (κ3) is 3.31. The molecule has 3 rings (SSSR count). The first-order valence-corrected chi connectivity index (χ1v) is 11.4. The lowest BCUT2D eigenvalue weighted by molar-refractivity contribution is 0.577. The number of benzene rings is 2. The van der Waals surface area contributed by atoms with Crippen molar-refractivity contribution in [2.45, 2.75) is 30.6 Å². The van der Waals surface area contributed by atoms with Crippen LogP contribution in [0.2, 0.25) is 0 Å². The van der Waals surface area contributed by atoms with Crippen molar-refractivity contribution in [1.29, 1.82) is 0 Å². The molecule has 0 amide bonds. The minimum Gasteiger partial charge on any atom is -0.269 e. The number of hydrogen-bond donors (Lipinski definition) is 0. The van der Waals surface area contributed by atoms with E-state index in [1.807, 2.05) is 6.92 Å². The molecule has 1 heterocycles. The van der Waals surface area contributed by atoms with Crippen LogP contribution in [0.15, 0.2) is 64.4 Å². The molecule has 0 aliphatic rings. The summed E-state index contributed by atoms with van der Waals surface area (Å²) in [5.41, 5.74) is 1.55. The molecule has 0 saturated carbocycles. The van der Waals surface area contributed by atoms with E-state index in [0.717, 1.165) is 14.0 Å². The summed E-state index contributed by atoms with van der Waals surface area (Å²) in [5, 5.41) is 4.05. The van der Waals surface area contributed by atoms with Crippen molar-refractivity contribution < 1.29 is 16.8 Å². The van der Waals surface area contributed by atoms with Crippen molar-refractivity contribution in [3.05, 3.63) is 71.5 Å². The predicted octanol–water partition coefficient (Wildman–Crippen LogP) is 2.87. The van der Waals surface area contributed by atoms with Crippen LogP contribution in [0.1, 0.15) is 17.0 Å². The Morgan fingerprint density at radius 2 is 1.43 bits per heavy atom. The van der Waals surface area contributed by atoms with Gasteiger partial charge in [0.05, 0.1) is 22.0 Å². The molecule has 0 unspecified atom stereocenters. The van der Waals surface area contributed by atoms with Crippen LogP contribution in [0.3, 0.4) is 0 Å². The maximum absolute atomic E-state index is 13.2. The Labute approximate surface area is 165 Å². The van der Waals surface area contributed by atoms with E-state index in [4.69, 9.17) is 0 Å². The number of nitrogens with zero attached hydrogens (tertiary/aromatic N) is 3. The molecule has 0 N–H and O–H groups in total. The van der Waals surface area contributed by atoms with Gasteiger partial charge in [-0.15, -0.1) is 0 Å². The summed E-state index contributed by atoms with van der Waals surface area (Å²) in [6.45, 7) is 4.78. The summed E-state index contributed by atoms with van der Waals surface area (Å²) in [4.78, 5) is -0.0707. The highest BCUT2D eigenvalue weighted by molar-refractivity contribution is 7.93. The van der Waals surface area contributed by atoms with E-state index >= 15 is 0 Å². The van der Waals surface area contributed by atoms with Gasteiger partial charge in [0.2, 0.25) is 0 Å². The summed E-state index contributed by atoms with van der Waals surface area (Å²) in [5.74, 6) is 0. The highest BCUT2D eigenvalue weighted by atomic mass is 32.2. The van der Waals surface area contributed by atoms with Gasteiger partial charge < -0.3 is 0 Å². The van der Waals surface area contributed by atoms with E-state index in [9.17, 15) is 16.8 Å². The van der Waals surface area contributed by atoms with Gasteiger partial charge in [-0.25, -0.2) is 8.42 Å². The molecule has 1 aromatic heterocycles. The number of anilines is 1. The number of aryl methyl sites for hydroxylation is 2. The topological polar surface area (TPSA) is 89.3 Å². The summed E-state index contributed by atoms with van der Waals surface area (Å²) in [7, 11) is -6.59. The highest BCUT2D eigenvalue weighted by Crippen LogP contribution is 2.28. The number of aromatic nitrogens is 2. The second-order valence-corrected chi connectivity index (χ2v) is 10.1. The monoisotopic (exact) mass is 419 g/mol. The van der Waals surface area contributed by atoms with E-state index in [2.05, 4.69) is 5.10 Å². The van der Waals surface area contributed by atoms with Gasteiger partial charge in [0.15, 0.2) is 0 Å². The molecule has 0 fully saturated rings. The van der Waals surface area contributed by atoms with Crippen LogP contribution in [0.25, 0.3) is 0 Å². The summed E-state index contributed by atoms with van der Waals surface area (Å²) < 4.78 is 54.2. The molecular formula is C19H21N3O4S2. The van der Waals surface area contributed by atoms with Gasteiger partial charge in [-0.05, 0) is 45.0 Å². The molecule has 0 bridgehead atoms. The second kappa shape index (κ2) is 7.06. The van der Waals surface area contributed by atoms with Gasteiger partial charge in [0.25, 0.3) is 20.0 Å². The molecule has 0 aliphatic heterocycles. The summed E-state index contributed by atoms with van der Waals surface area (Å²) in [6.07, 6.45) is 0. The Bertz CT molecular complexity index is 1210. The Morgan fingerprint density at radius 3 is 2.00 bits per heavy atom. The molecule has 28 heavy (non-hydrogen) atoms. The van der Waals surface area contributed by atoms with Crippen molar-refractivity contribution >= 4 is 25.7 Å². The highest BCUT2D eigenvalue weighted by Gasteiger charge is 2.32. The van der Waals surface area contributed by atoms with Gasteiger partial charge in [0, 0.05) is 7.05 Å². The van der Waals surface area contributed by atoms with Crippen LogP contribution in [0, 0.1) is 20.8 Å². The average molecular weight is 420 g/mol. The Balaban J connectivity index is 2.13. The molecule has 148 valence electrons. The number of sulfonamides is 1. The van der Waals surface area contributed by atoms with Crippen LogP contribution < -0.4 is 4.31 Å². The van der Waals surface area contributed by atoms with E-state index in [1.54, 1.807) is 42.5 Å². The Hall–Kier alpha value is -2.65. The lowest BCUT2D eigenvalue weighted by Gasteiger charge is -2.19.